The van der Waals surface area contributed by atoms with E-state index in [4.69, 9.17) is 10.5 Å². The Morgan fingerprint density at radius 1 is 0.727 bits per heavy atom. The van der Waals surface area contributed by atoms with Crippen molar-refractivity contribution in [3.63, 3.8) is 0 Å². The summed E-state index contributed by atoms with van der Waals surface area (Å²) in [5, 5.41) is 18.1. The predicted octanol–water partition coefficient (Wildman–Crippen LogP) is 2.95. The summed E-state index contributed by atoms with van der Waals surface area (Å²) in [6, 6.07) is 18.2. The van der Waals surface area contributed by atoms with Crippen molar-refractivity contribution in [3.05, 3.63) is 66.1 Å². The molecule has 0 aliphatic heterocycles. The monoisotopic (exact) mass is 283 g/mol. The molecule has 0 atom stereocenters. The number of hydrogen-bond acceptors (Lipinski definition) is 5. The largest absolute Gasteiger partial charge is 0.256 e. The van der Waals surface area contributed by atoms with Crippen LogP contribution in [-0.4, -0.2) is 15.0 Å². The van der Waals surface area contributed by atoms with E-state index in [1.807, 2.05) is 30.3 Å². The summed E-state index contributed by atoms with van der Waals surface area (Å²) in [7, 11) is 0. The molecule has 0 aliphatic carbocycles. The molecule has 3 heterocycles. The minimum Gasteiger partial charge on any atom is -0.256 e. The van der Waals surface area contributed by atoms with Gasteiger partial charge < -0.3 is 0 Å². The Balaban J connectivity index is 2.25. The van der Waals surface area contributed by atoms with Crippen molar-refractivity contribution in [1.82, 2.24) is 15.0 Å². The standard InChI is InChI=1S/C17H9N5/c18-10-12-4-3-6-16(21-12)17-14(8-7-13(11-19)22-17)15-5-1-2-9-20-15/h1-9H. The first-order valence-electron chi connectivity index (χ1n) is 6.52. The minimum atomic E-state index is 0.291. The summed E-state index contributed by atoms with van der Waals surface area (Å²) in [6.07, 6.45) is 1.69. The fraction of sp³-hybridized carbons (Fsp3) is 0. The van der Waals surface area contributed by atoms with Gasteiger partial charge in [-0.15, -0.1) is 0 Å². The highest BCUT2D eigenvalue weighted by Crippen LogP contribution is 2.28. The van der Waals surface area contributed by atoms with Crippen LogP contribution in [0.2, 0.25) is 0 Å². The summed E-state index contributed by atoms with van der Waals surface area (Å²) >= 11 is 0. The fourth-order valence-corrected chi connectivity index (χ4v) is 2.07. The smallest absolute Gasteiger partial charge is 0.141 e. The van der Waals surface area contributed by atoms with Gasteiger partial charge in [-0.25, -0.2) is 9.97 Å². The van der Waals surface area contributed by atoms with Crippen LogP contribution in [0.15, 0.2) is 54.7 Å². The van der Waals surface area contributed by atoms with Crippen LogP contribution in [0.1, 0.15) is 11.4 Å². The molecular weight excluding hydrogens is 274 g/mol. The van der Waals surface area contributed by atoms with E-state index in [2.05, 4.69) is 15.0 Å². The lowest BCUT2D eigenvalue weighted by Gasteiger charge is -2.08. The van der Waals surface area contributed by atoms with E-state index in [-0.39, 0.29) is 0 Å². The topological polar surface area (TPSA) is 86.2 Å². The molecule has 102 valence electrons. The van der Waals surface area contributed by atoms with E-state index in [9.17, 15) is 0 Å². The molecule has 0 radical (unpaired) electrons. The first-order valence-corrected chi connectivity index (χ1v) is 6.52. The van der Waals surface area contributed by atoms with Crippen LogP contribution in [-0.2, 0) is 0 Å². The number of hydrogen-bond donors (Lipinski definition) is 0. The second-order valence-corrected chi connectivity index (χ2v) is 4.44. The highest BCUT2D eigenvalue weighted by molar-refractivity contribution is 5.77. The van der Waals surface area contributed by atoms with Gasteiger partial charge in [-0.3, -0.25) is 4.98 Å². The molecule has 5 heteroatoms. The molecule has 0 bridgehead atoms. The summed E-state index contributed by atoms with van der Waals surface area (Å²) in [5.41, 5.74) is 3.17. The predicted molar refractivity (Wildman–Crippen MR) is 80.1 cm³/mol. The maximum Gasteiger partial charge on any atom is 0.141 e. The van der Waals surface area contributed by atoms with Gasteiger partial charge in [0.15, 0.2) is 0 Å². The number of nitrogens with zero attached hydrogens (tertiary/aromatic N) is 5. The molecule has 0 amide bonds. The van der Waals surface area contributed by atoms with Gasteiger partial charge in [0.05, 0.1) is 17.1 Å². The van der Waals surface area contributed by atoms with Crippen LogP contribution in [0.25, 0.3) is 22.6 Å². The zero-order chi connectivity index (χ0) is 15.4. The average molecular weight is 283 g/mol. The Labute approximate surface area is 127 Å². The third-order valence-electron chi connectivity index (χ3n) is 3.06. The highest BCUT2D eigenvalue weighted by Gasteiger charge is 2.13. The molecule has 3 rings (SSSR count). The van der Waals surface area contributed by atoms with Crippen molar-refractivity contribution >= 4 is 0 Å². The summed E-state index contributed by atoms with van der Waals surface area (Å²) < 4.78 is 0. The molecule has 0 saturated carbocycles. The first kappa shape index (κ1) is 13.4. The van der Waals surface area contributed by atoms with Crippen molar-refractivity contribution in [2.75, 3.05) is 0 Å². The molecule has 3 aromatic rings. The number of aromatic nitrogens is 3. The SMILES string of the molecule is N#Cc1cccc(-c2nc(C#N)ccc2-c2ccccn2)n1. The number of nitriles is 2. The second-order valence-electron chi connectivity index (χ2n) is 4.44. The third-order valence-corrected chi connectivity index (χ3v) is 3.06. The molecule has 0 aromatic carbocycles. The Hall–Kier alpha value is -3.57. The van der Waals surface area contributed by atoms with Crippen LogP contribution < -0.4 is 0 Å². The molecule has 0 spiro atoms. The lowest BCUT2D eigenvalue weighted by molar-refractivity contribution is 1.19. The summed E-state index contributed by atoms with van der Waals surface area (Å²) in [6.45, 7) is 0. The summed E-state index contributed by atoms with van der Waals surface area (Å²) in [5.74, 6) is 0. The van der Waals surface area contributed by atoms with Crippen LogP contribution >= 0.6 is 0 Å². The van der Waals surface area contributed by atoms with E-state index < -0.39 is 0 Å². The van der Waals surface area contributed by atoms with Crippen molar-refractivity contribution < 1.29 is 0 Å². The first-order chi connectivity index (χ1) is 10.8. The van der Waals surface area contributed by atoms with Crippen LogP contribution in [0.4, 0.5) is 0 Å². The average Bonchev–Trinajstić information content (AvgIpc) is 2.62. The van der Waals surface area contributed by atoms with Gasteiger partial charge in [-0.1, -0.05) is 12.1 Å². The van der Waals surface area contributed by atoms with Gasteiger partial charge in [0.1, 0.15) is 23.5 Å². The molecule has 5 nitrogen and oxygen atoms in total. The van der Waals surface area contributed by atoms with Crippen LogP contribution in [0.3, 0.4) is 0 Å². The van der Waals surface area contributed by atoms with Crippen LogP contribution in [0, 0.1) is 22.7 Å². The normalized spacial score (nSPS) is 9.73. The van der Waals surface area contributed by atoms with E-state index in [0.29, 0.717) is 22.8 Å². The van der Waals surface area contributed by atoms with E-state index >= 15 is 0 Å². The zero-order valence-electron chi connectivity index (χ0n) is 11.4. The van der Waals surface area contributed by atoms with Crippen molar-refractivity contribution in [2.24, 2.45) is 0 Å². The number of rotatable bonds is 2. The maximum absolute atomic E-state index is 9.07. The maximum atomic E-state index is 9.07. The lowest BCUT2D eigenvalue weighted by atomic mass is 10.1. The number of pyridine rings is 3. The second kappa shape index (κ2) is 5.82. The van der Waals surface area contributed by atoms with Gasteiger partial charge in [0.2, 0.25) is 0 Å². The van der Waals surface area contributed by atoms with E-state index in [0.717, 1.165) is 11.3 Å². The Morgan fingerprint density at radius 3 is 2.23 bits per heavy atom. The van der Waals surface area contributed by atoms with Gasteiger partial charge in [0.25, 0.3) is 0 Å². The molecule has 22 heavy (non-hydrogen) atoms. The molecule has 0 fully saturated rings. The van der Waals surface area contributed by atoms with Gasteiger partial charge in [0, 0.05) is 11.8 Å². The fourth-order valence-electron chi connectivity index (χ4n) is 2.07. The minimum absolute atomic E-state index is 0.291. The molecule has 3 aromatic heterocycles. The molecule has 0 aliphatic rings. The quantitative estimate of drug-likeness (QED) is 0.721. The molecule has 0 unspecified atom stereocenters. The van der Waals surface area contributed by atoms with Gasteiger partial charge >= 0.3 is 0 Å². The summed E-state index contributed by atoms with van der Waals surface area (Å²) in [4.78, 5) is 12.9. The van der Waals surface area contributed by atoms with Crippen molar-refractivity contribution in [3.8, 4) is 34.8 Å². The molecule has 0 saturated heterocycles. The van der Waals surface area contributed by atoms with Gasteiger partial charge in [-0.2, -0.15) is 10.5 Å². The zero-order valence-corrected chi connectivity index (χ0v) is 11.4. The van der Waals surface area contributed by atoms with Gasteiger partial charge in [-0.05, 0) is 36.4 Å². The Bertz CT molecular complexity index is 904. The highest BCUT2D eigenvalue weighted by atomic mass is 14.8. The third kappa shape index (κ3) is 2.52. The molecule has 0 N–H and O–H groups in total. The Morgan fingerprint density at radius 2 is 1.50 bits per heavy atom. The van der Waals surface area contributed by atoms with Crippen molar-refractivity contribution in [1.29, 1.82) is 10.5 Å². The van der Waals surface area contributed by atoms with E-state index in [1.165, 1.54) is 0 Å². The van der Waals surface area contributed by atoms with E-state index in [1.54, 1.807) is 36.5 Å². The lowest BCUT2D eigenvalue weighted by Crippen LogP contribution is -1.96. The molecular formula is C17H9N5. The Kier molecular flexibility index (Phi) is 3.55. The van der Waals surface area contributed by atoms with Crippen molar-refractivity contribution in [2.45, 2.75) is 0 Å². The van der Waals surface area contributed by atoms with Crippen LogP contribution in [0.5, 0.6) is 0 Å².